The van der Waals surface area contributed by atoms with Gasteiger partial charge in [-0.1, -0.05) is 53.6 Å². The van der Waals surface area contributed by atoms with Crippen LogP contribution < -0.4 is 5.56 Å². The van der Waals surface area contributed by atoms with Crippen LogP contribution >= 0.6 is 11.6 Å². The summed E-state index contributed by atoms with van der Waals surface area (Å²) in [6, 6.07) is 14.2. The van der Waals surface area contributed by atoms with Gasteiger partial charge in [0.25, 0.3) is 5.56 Å². The lowest BCUT2D eigenvalue weighted by molar-refractivity contribution is 0.240. The van der Waals surface area contributed by atoms with Gasteiger partial charge in [0.15, 0.2) is 0 Å². The highest BCUT2D eigenvalue weighted by molar-refractivity contribution is 6.31. The van der Waals surface area contributed by atoms with Gasteiger partial charge in [-0.2, -0.15) is 0 Å². The maximum absolute atomic E-state index is 12.5. The highest BCUT2D eigenvalue weighted by Crippen LogP contribution is 2.22. The molecule has 0 aliphatic carbocycles. The first-order chi connectivity index (χ1) is 13.0. The molecule has 0 fully saturated rings. The predicted octanol–water partition coefficient (Wildman–Crippen LogP) is 4.27. The van der Waals surface area contributed by atoms with Gasteiger partial charge in [-0.15, -0.1) is 0 Å². The first-order valence-electron chi connectivity index (χ1n) is 9.16. The topological polar surface area (TPSA) is 49.0 Å². The molecule has 27 heavy (non-hydrogen) atoms. The number of nitrogens with one attached hydrogen (secondary N) is 1. The summed E-state index contributed by atoms with van der Waals surface area (Å²) in [6.45, 7) is 6.36. The molecule has 3 aromatic rings. The summed E-state index contributed by atoms with van der Waals surface area (Å²) < 4.78 is 0. The van der Waals surface area contributed by atoms with E-state index in [2.05, 4.69) is 16.0 Å². The molecule has 4 nitrogen and oxygen atoms in total. The predicted molar refractivity (Wildman–Crippen MR) is 109 cm³/mol. The summed E-state index contributed by atoms with van der Waals surface area (Å²) in [5.74, 6) is 0.638. The molecule has 1 aromatic heterocycles. The number of nitrogens with zero attached hydrogens (tertiary/aromatic N) is 2. The normalized spacial score (nSPS) is 14.2. The molecular formula is C22H22ClN3O. The first kappa shape index (κ1) is 18.0. The van der Waals surface area contributed by atoms with Crippen LogP contribution in [0.5, 0.6) is 0 Å². The average molecular weight is 380 g/mol. The first-order valence-corrected chi connectivity index (χ1v) is 9.54. The Morgan fingerprint density at radius 2 is 1.93 bits per heavy atom. The molecule has 0 saturated heterocycles. The van der Waals surface area contributed by atoms with E-state index in [9.17, 15) is 4.79 Å². The van der Waals surface area contributed by atoms with Crippen molar-refractivity contribution in [1.29, 1.82) is 0 Å². The second kappa shape index (κ2) is 7.29. The summed E-state index contributed by atoms with van der Waals surface area (Å²) in [5.41, 5.74) is 6.04. The SMILES string of the molecule is Cc1ccc(-c2nc3c(c(=O)[nH]2)CCN(Cc2ccc(C)c(Cl)c2)C3)cc1. The lowest BCUT2D eigenvalue weighted by atomic mass is 10.0. The minimum Gasteiger partial charge on any atom is -0.306 e. The monoisotopic (exact) mass is 379 g/mol. The highest BCUT2D eigenvalue weighted by Gasteiger charge is 2.21. The summed E-state index contributed by atoms with van der Waals surface area (Å²) in [4.78, 5) is 22.6. The van der Waals surface area contributed by atoms with Crippen LogP contribution in [-0.2, 0) is 19.5 Å². The van der Waals surface area contributed by atoms with Crippen molar-refractivity contribution >= 4 is 11.6 Å². The van der Waals surface area contributed by atoms with E-state index in [0.717, 1.165) is 40.5 Å². The number of aromatic nitrogens is 2. The van der Waals surface area contributed by atoms with E-state index in [1.165, 1.54) is 11.1 Å². The maximum Gasteiger partial charge on any atom is 0.254 e. The lowest BCUT2D eigenvalue weighted by Crippen LogP contribution is -2.35. The highest BCUT2D eigenvalue weighted by atomic mass is 35.5. The Balaban J connectivity index is 1.60. The fourth-order valence-corrected chi connectivity index (χ4v) is 3.67. The van der Waals surface area contributed by atoms with E-state index in [4.69, 9.17) is 16.6 Å². The molecule has 0 bridgehead atoms. The zero-order valence-corrected chi connectivity index (χ0v) is 16.3. The Kier molecular flexibility index (Phi) is 4.85. The minimum absolute atomic E-state index is 0.0198. The number of aryl methyl sites for hydroxylation is 2. The van der Waals surface area contributed by atoms with Gasteiger partial charge >= 0.3 is 0 Å². The molecule has 0 unspecified atom stereocenters. The van der Waals surface area contributed by atoms with Crippen LogP contribution in [0.15, 0.2) is 47.3 Å². The lowest BCUT2D eigenvalue weighted by Gasteiger charge is -2.28. The third-order valence-electron chi connectivity index (χ3n) is 5.12. The Hall–Kier alpha value is -2.43. The van der Waals surface area contributed by atoms with Crippen LogP contribution in [0.1, 0.15) is 27.9 Å². The van der Waals surface area contributed by atoms with Crippen LogP contribution in [0, 0.1) is 13.8 Å². The minimum atomic E-state index is -0.0198. The molecule has 0 spiro atoms. The number of hydrogen-bond acceptors (Lipinski definition) is 3. The van der Waals surface area contributed by atoms with Crippen molar-refractivity contribution in [3.8, 4) is 11.4 Å². The molecule has 1 N–H and O–H groups in total. The van der Waals surface area contributed by atoms with E-state index in [0.29, 0.717) is 18.8 Å². The summed E-state index contributed by atoms with van der Waals surface area (Å²) in [7, 11) is 0. The fourth-order valence-electron chi connectivity index (χ4n) is 3.47. The number of benzene rings is 2. The Morgan fingerprint density at radius 3 is 2.67 bits per heavy atom. The van der Waals surface area contributed by atoms with E-state index in [1.54, 1.807) is 0 Å². The average Bonchev–Trinajstić information content (AvgIpc) is 2.65. The van der Waals surface area contributed by atoms with Crippen molar-refractivity contribution in [1.82, 2.24) is 14.9 Å². The summed E-state index contributed by atoms with van der Waals surface area (Å²) in [5, 5.41) is 0.793. The van der Waals surface area contributed by atoms with Crippen molar-refractivity contribution in [2.75, 3.05) is 6.54 Å². The van der Waals surface area contributed by atoms with Gasteiger partial charge < -0.3 is 4.98 Å². The summed E-state index contributed by atoms with van der Waals surface area (Å²) >= 11 is 6.26. The van der Waals surface area contributed by atoms with Crippen LogP contribution in [0.2, 0.25) is 5.02 Å². The Labute approximate surface area is 163 Å². The van der Waals surface area contributed by atoms with E-state index in [-0.39, 0.29) is 5.56 Å². The number of hydrogen-bond donors (Lipinski definition) is 1. The van der Waals surface area contributed by atoms with Crippen molar-refractivity contribution in [2.45, 2.75) is 33.4 Å². The number of H-pyrrole nitrogens is 1. The molecule has 1 aliphatic heterocycles. The molecule has 2 aromatic carbocycles. The zero-order valence-electron chi connectivity index (χ0n) is 15.6. The maximum atomic E-state index is 12.5. The van der Waals surface area contributed by atoms with Crippen LogP contribution in [0.4, 0.5) is 0 Å². The molecule has 138 valence electrons. The van der Waals surface area contributed by atoms with Crippen molar-refractivity contribution in [3.05, 3.63) is 85.8 Å². The third kappa shape index (κ3) is 3.82. The molecule has 1 aliphatic rings. The van der Waals surface area contributed by atoms with Gasteiger partial charge in [-0.3, -0.25) is 9.69 Å². The molecule has 2 heterocycles. The van der Waals surface area contributed by atoms with E-state index < -0.39 is 0 Å². The third-order valence-corrected chi connectivity index (χ3v) is 5.53. The molecular weight excluding hydrogens is 358 g/mol. The standard InChI is InChI=1S/C22H22ClN3O/c1-14-3-7-17(8-4-14)21-24-20-13-26(10-9-18(20)22(27)25-21)12-16-6-5-15(2)19(23)11-16/h3-8,11H,9-10,12-13H2,1-2H3,(H,24,25,27). The molecule has 0 radical (unpaired) electrons. The Morgan fingerprint density at radius 1 is 1.15 bits per heavy atom. The largest absolute Gasteiger partial charge is 0.306 e. The number of aromatic amines is 1. The smallest absolute Gasteiger partial charge is 0.254 e. The van der Waals surface area contributed by atoms with E-state index >= 15 is 0 Å². The van der Waals surface area contributed by atoms with Gasteiger partial charge in [0.05, 0.1) is 5.69 Å². The van der Waals surface area contributed by atoms with Gasteiger partial charge in [0.2, 0.25) is 0 Å². The number of halogens is 1. The zero-order chi connectivity index (χ0) is 19.0. The van der Waals surface area contributed by atoms with Crippen LogP contribution in [-0.4, -0.2) is 21.4 Å². The van der Waals surface area contributed by atoms with Gasteiger partial charge in [0.1, 0.15) is 5.82 Å². The quantitative estimate of drug-likeness (QED) is 0.739. The molecule has 0 atom stereocenters. The van der Waals surface area contributed by atoms with E-state index in [1.807, 2.05) is 50.2 Å². The van der Waals surface area contributed by atoms with Crippen molar-refractivity contribution < 1.29 is 0 Å². The van der Waals surface area contributed by atoms with Gasteiger partial charge in [0, 0.05) is 35.8 Å². The van der Waals surface area contributed by atoms with Crippen molar-refractivity contribution in [2.24, 2.45) is 0 Å². The van der Waals surface area contributed by atoms with Crippen LogP contribution in [0.25, 0.3) is 11.4 Å². The van der Waals surface area contributed by atoms with Gasteiger partial charge in [-0.25, -0.2) is 4.98 Å². The molecule has 0 saturated carbocycles. The molecule has 5 heteroatoms. The second-order valence-corrected chi connectivity index (χ2v) is 7.66. The number of fused-ring (bicyclic) bond motifs is 1. The number of rotatable bonds is 3. The van der Waals surface area contributed by atoms with Gasteiger partial charge in [-0.05, 0) is 37.5 Å². The second-order valence-electron chi connectivity index (χ2n) is 7.25. The summed E-state index contributed by atoms with van der Waals surface area (Å²) in [6.07, 6.45) is 0.714. The van der Waals surface area contributed by atoms with Crippen LogP contribution in [0.3, 0.4) is 0 Å². The van der Waals surface area contributed by atoms with Crippen molar-refractivity contribution in [3.63, 3.8) is 0 Å². The molecule has 0 amide bonds. The fraction of sp³-hybridized carbons (Fsp3) is 0.273. The Bertz CT molecular complexity index is 1040. The molecule has 4 rings (SSSR count).